The van der Waals surface area contributed by atoms with Gasteiger partial charge in [-0.15, -0.1) is 12.4 Å². The van der Waals surface area contributed by atoms with Gasteiger partial charge >= 0.3 is 19.1 Å². The number of aromatic carboxylic acids is 1. The molecule has 2 atom stereocenters. The van der Waals surface area contributed by atoms with Crippen LogP contribution < -0.4 is 5.32 Å². The average molecular weight is 507 g/mol. The third-order valence-corrected chi connectivity index (χ3v) is 5.94. The summed E-state index contributed by atoms with van der Waals surface area (Å²) in [6, 6.07) is 10.8. The highest BCUT2D eigenvalue weighted by Gasteiger charge is 2.28. The first kappa shape index (κ1) is 28.1. The van der Waals surface area contributed by atoms with Gasteiger partial charge in [0.1, 0.15) is 11.3 Å². The highest BCUT2D eigenvalue weighted by molar-refractivity contribution is 6.43. The molecule has 2 aromatic rings. The number of hydrogen-bond acceptors (Lipinski definition) is 7. The third-order valence-electron chi connectivity index (χ3n) is 5.94. The van der Waals surface area contributed by atoms with Crippen molar-refractivity contribution in [1.29, 1.82) is 0 Å². The van der Waals surface area contributed by atoms with Crippen molar-refractivity contribution < 1.29 is 39.8 Å². The largest absolute Gasteiger partial charge is 0.507 e. The predicted octanol–water partition coefficient (Wildman–Crippen LogP) is 1.16. The number of carboxylic acid groups (broad SMARTS) is 2. The second-order valence-electron chi connectivity index (χ2n) is 8.43. The van der Waals surface area contributed by atoms with Crippen LogP contribution >= 0.6 is 12.4 Å². The van der Waals surface area contributed by atoms with Crippen LogP contribution in [0.2, 0.25) is 0 Å². The number of carbonyl (C=O) groups is 3. The maximum atomic E-state index is 12.7. The van der Waals surface area contributed by atoms with Gasteiger partial charge in [0.15, 0.2) is 0 Å². The Bertz CT molecular complexity index is 1050. The minimum absolute atomic E-state index is 0. The van der Waals surface area contributed by atoms with Gasteiger partial charge in [-0.2, -0.15) is 0 Å². The molecular formula is C23H28BClN2O8. The molecule has 6 N–H and O–H groups in total. The lowest BCUT2D eigenvalue weighted by atomic mass is 9.75. The van der Waals surface area contributed by atoms with Gasteiger partial charge < -0.3 is 30.7 Å². The second-order valence-corrected chi connectivity index (χ2v) is 8.43. The average Bonchev–Trinajstić information content (AvgIpc) is 2.80. The van der Waals surface area contributed by atoms with E-state index in [1.165, 1.54) is 18.2 Å². The van der Waals surface area contributed by atoms with Gasteiger partial charge in [-0.25, -0.2) is 4.79 Å². The molecule has 2 aromatic carbocycles. The summed E-state index contributed by atoms with van der Waals surface area (Å²) in [5, 5.41) is 50.5. The highest BCUT2D eigenvalue weighted by atomic mass is 35.5. The number of halogens is 1. The Morgan fingerprint density at radius 1 is 1.09 bits per heavy atom. The van der Waals surface area contributed by atoms with Crippen molar-refractivity contribution in [3.63, 3.8) is 0 Å². The molecule has 10 nitrogen and oxygen atoms in total. The lowest BCUT2D eigenvalue weighted by molar-refractivity contribution is -0.143. The zero-order valence-corrected chi connectivity index (χ0v) is 19.6. The molecule has 1 aliphatic heterocycles. The minimum atomic E-state index is -1.95. The zero-order valence-electron chi connectivity index (χ0n) is 18.8. The van der Waals surface area contributed by atoms with Gasteiger partial charge in [-0.3, -0.25) is 14.5 Å². The molecule has 1 fully saturated rings. The van der Waals surface area contributed by atoms with Gasteiger partial charge in [0.05, 0.1) is 11.9 Å². The SMILES string of the molecule is Cl.O=C(N[C@@H](Cc1cccc(C(=O)O)c1O)B(O)O)c1ccc(CN2CCCC(C(=O)O)C2)cc1. The van der Waals surface area contributed by atoms with E-state index in [0.29, 0.717) is 19.5 Å². The second kappa shape index (κ2) is 12.5. The summed E-state index contributed by atoms with van der Waals surface area (Å²) in [5.41, 5.74) is 1.01. The lowest BCUT2D eigenvalue weighted by Crippen LogP contribution is -2.47. The molecule has 0 aliphatic carbocycles. The van der Waals surface area contributed by atoms with Crippen molar-refractivity contribution in [2.24, 2.45) is 5.92 Å². The van der Waals surface area contributed by atoms with Crippen molar-refractivity contribution in [2.75, 3.05) is 13.1 Å². The van der Waals surface area contributed by atoms with E-state index in [9.17, 15) is 34.6 Å². The molecule has 0 aromatic heterocycles. The smallest absolute Gasteiger partial charge is 0.475 e. The fourth-order valence-corrected chi connectivity index (χ4v) is 4.07. The van der Waals surface area contributed by atoms with Gasteiger partial charge in [0, 0.05) is 18.7 Å². The number of nitrogens with zero attached hydrogens (tertiary/aromatic N) is 1. The molecule has 1 unspecified atom stereocenters. The fraction of sp³-hybridized carbons (Fsp3) is 0.348. The molecule has 0 saturated carbocycles. The van der Waals surface area contributed by atoms with Crippen molar-refractivity contribution in [1.82, 2.24) is 10.2 Å². The first-order valence-electron chi connectivity index (χ1n) is 10.9. The number of likely N-dealkylation sites (tertiary alicyclic amines) is 1. The van der Waals surface area contributed by atoms with Crippen LogP contribution in [-0.2, 0) is 17.8 Å². The number of aliphatic carboxylic acids is 1. The van der Waals surface area contributed by atoms with Gasteiger partial charge in [-0.05, 0) is 55.1 Å². The van der Waals surface area contributed by atoms with Crippen LogP contribution in [0.25, 0.3) is 0 Å². The van der Waals surface area contributed by atoms with Crippen molar-refractivity contribution in [3.8, 4) is 5.75 Å². The molecular weight excluding hydrogens is 479 g/mol. The summed E-state index contributed by atoms with van der Waals surface area (Å²) in [6.45, 7) is 1.84. The summed E-state index contributed by atoms with van der Waals surface area (Å²) >= 11 is 0. The summed E-state index contributed by atoms with van der Waals surface area (Å²) in [5.74, 6) is -4.75. The van der Waals surface area contributed by atoms with Crippen LogP contribution in [0.4, 0.5) is 0 Å². The Morgan fingerprint density at radius 2 is 1.77 bits per heavy atom. The van der Waals surface area contributed by atoms with E-state index in [4.69, 9.17) is 5.11 Å². The number of carbonyl (C=O) groups excluding carboxylic acids is 1. The summed E-state index contributed by atoms with van der Waals surface area (Å²) < 4.78 is 0. The Hall–Kier alpha value is -3.12. The summed E-state index contributed by atoms with van der Waals surface area (Å²) in [4.78, 5) is 37.2. The Balaban J connectivity index is 0.00000432. The van der Waals surface area contributed by atoms with E-state index >= 15 is 0 Å². The molecule has 1 amide bonds. The predicted molar refractivity (Wildman–Crippen MR) is 130 cm³/mol. The van der Waals surface area contributed by atoms with E-state index < -0.39 is 36.7 Å². The van der Waals surface area contributed by atoms with Crippen LogP contribution in [0, 0.1) is 5.92 Å². The van der Waals surface area contributed by atoms with Crippen LogP contribution in [0.5, 0.6) is 5.75 Å². The van der Waals surface area contributed by atoms with Crippen molar-refractivity contribution >= 4 is 37.4 Å². The molecule has 1 heterocycles. The third kappa shape index (κ3) is 7.43. The quantitative estimate of drug-likeness (QED) is 0.273. The van der Waals surface area contributed by atoms with Gasteiger partial charge in [0.25, 0.3) is 5.91 Å². The monoisotopic (exact) mass is 506 g/mol. The number of nitrogens with one attached hydrogen (secondary N) is 1. The molecule has 0 radical (unpaired) electrons. The first-order valence-corrected chi connectivity index (χ1v) is 10.9. The highest BCUT2D eigenvalue weighted by Crippen LogP contribution is 2.24. The number of aromatic hydroxyl groups is 1. The molecule has 1 saturated heterocycles. The van der Waals surface area contributed by atoms with E-state index in [-0.39, 0.29) is 41.4 Å². The fourth-order valence-electron chi connectivity index (χ4n) is 4.07. The number of amides is 1. The summed E-state index contributed by atoms with van der Waals surface area (Å²) in [6.07, 6.45) is 1.28. The normalized spacial score (nSPS) is 16.6. The topological polar surface area (TPSA) is 168 Å². The Labute approximate surface area is 208 Å². The van der Waals surface area contributed by atoms with E-state index in [0.717, 1.165) is 18.5 Å². The number of phenols is 1. The maximum Gasteiger partial charge on any atom is 0.475 e. The van der Waals surface area contributed by atoms with Crippen LogP contribution in [0.1, 0.15) is 44.7 Å². The van der Waals surface area contributed by atoms with Crippen LogP contribution in [0.15, 0.2) is 42.5 Å². The Morgan fingerprint density at radius 3 is 2.37 bits per heavy atom. The van der Waals surface area contributed by atoms with Crippen molar-refractivity contribution in [2.45, 2.75) is 31.7 Å². The van der Waals surface area contributed by atoms with E-state index in [1.54, 1.807) is 24.3 Å². The number of rotatable bonds is 9. The minimum Gasteiger partial charge on any atom is -0.507 e. The van der Waals surface area contributed by atoms with Crippen LogP contribution in [-0.4, -0.2) is 74.3 Å². The van der Waals surface area contributed by atoms with E-state index in [1.807, 2.05) is 0 Å². The molecule has 12 heteroatoms. The number of piperidine rings is 1. The standard InChI is InChI=1S/C23H27BN2O8.ClH/c27-20-16(3-1-5-18(20)23(31)32)11-19(24(33)34)25-21(28)15-8-6-14(7-9-15)12-26-10-2-4-17(13-26)22(29)30;/h1,3,5-9,17,19,27,33-34H,2,4,10-13H2,(H,25,28)(H,29,30)(H,31,32);1H/t17?,19-;/m0./s1. The van der Waals surface area contributed by atoms with Crippen LogP contribution in [0.3, 0.4) is 0 Å². The first-order chi connectivity index (χ1) is 16.2. The Kier molecular flexibility index (Phi) is 10.1. The molecule has 35 heavy (non-hydrogen) atoms. The number of benzene rings is 2. The lowest BCUT2D eigenvalue weighted by Gasteiger charge is -2.30. The molecule has 0 bridgehead atoms. The van der Waals surface area contributed by atoms with Gasteiger partial charge in [0.2, 0.25) is 0 Å². The van der Waals surface area contributed by atoms with Gasteiger partial charge in [-0.1, -0.05) is 24.3 Å². The molecule has 188 valence electrons. The number of para-hydroxylation sites is 1. The molecule has 1 aliphatic rings. The maximum absolute atomic E-state index is 12.7. The molecule has 3 rings (SSSR count). The number of carboxylic acids is 2. The molecule has 0 spiro atoms. The zero-order chi connectivity index (χ0) is 24.8. The van der Waals surface area contributed by atoms with E-state index in [2.05, 4.69) is 10.2 Å². The number of hydrogen-bond donors (Lipinski definition) is 6. The van der Waals surface area contributed by atoms with Crippen molar-refractivity contribution in [3.05, 3.63) is 64.7 Å². The summed E-state index contributed by atoms with van der Waals surface area (Å²) in [7, 11) is -1.95.